The Morgan fingerprint density at radius 1 is 1.00 bits per heavy atom. The van der Waals surface area contributed by atoms with Crippen LogP contribution < -0.4 is 0 Å². The molecule has 0 spiro atoms. The lowest BCUT2D eigenvalue weighted by molar-refractivity contribution is 0.0259. The molecular formula is C19H29N. The van der Waals surface area contributed by atoms with Crippen molar-refractivity contribution in [1.29, 1.82) is 0 Å². The van der Waals surface area contributed by atoms with E-state index in [4.69, 9.17) is 0 Å². The molecule has 1 aromatic rings. The molecule has 1 aliphatic heterocycles. The Morgan fingerprint density at radius 3 is 2.25 bits per heavy atom. The minimum absolute atomic E-state index is 0.249. The molecule has 0 aromatic heterocycles. The highest BCUT2D eigenvalue weighted by atomic mass is 15.3. The molecule has 1 aromatic carbocycles. The average Bonchev–Trinajstić information content (AvgIpc) is 2.81. The summed E-state index contributed by atoms with van der Waals surface area (Å²) < 4.78 is 0. The van der Waals surface area contributed by atoms with Gasteiger partial charge in [0, 0.05) is 23.5 Å². The molecule has 1 fully saturated rings. The monoisotopic (exact) mass is 271 g/mol. The Hall–Kier alpha value is -0.820. The van der Waals surface area contributed by atoms with E-state index in [9.17, 15) is 0 Å². The van der Waals surface area contributed by atoms with E-state index in [0.29, 0.717) is 17.5 Å². The maximum absolute atomic E-state index is 2.83. The van der Waals surface area contributed by atoms with Crippen LogP contribution in [0.2, 0.25) is 0 Å². The van der Waals surface area contributed by atoms with Crippen molar-refractivity contribution < 1.29 is 0 Å². The summed E-state index contributed by atoms with van der Waals surface area (Å²) in [4.78, 5) is 2.83. The zero-order valence-electron chi connectivity index (χ0n) is 13.9. The minimum atomic E-state index is 0.249. The second-order valence-corrected chi connectivity index (χ2v) is 8.77. The zero-order valence-corrected chi connectivity index (χ0v) is 13.9. The Bertz CT molecular complexity index is 503. The van der Waals surface area contributed by atoms with Gasteiger partial charge in [-0.15, -0.1) is 0 Å². The number of likely N-dealkylation sites (tertiary alicyclic amines) is 1. The van der Waals surface area contributed by atoms with Crippen LogP contribution in [0.3, 0.4) is 0 Å². The van der Waals surface area contributed by atoms with Crippen molar-refractivity contribution in [3.63, 3.8) is 0 Å². The van der Waals surface area contributed by atoms with E-state index >= 15 is 0 Å². The molecule has 3 atom stereocenters. The van der Waals surface area contributed by atoms with Gasteiger partial charge in [0.1, 0.15) is 0 Å². The molecule has 0 saturated carbocycles. The summed E-state index contributed by atoms with van der Waals surface area (Å²) in [6.45, 7) is 14.4. The summed E-state index contributed by atoms with van der Waals surface area (Å²) in [6.07, 6.45) is 2.56. The van der Waals surface area contributed by atoms with Crippen LogP contribution in [0, 0.1) is 5.41 Å². The van der Waals surface area contributed by atoms with Gasteiger partial charge in [-0.25, -0.2) is 0 Å². The molecule has 1 heteroatoms. The smallest absolute Gasteiger partial charge is 0.0213 e. The van der Waals surface area contributed by atoms with Gasteiger partial charge in [-0.2, -0.15) is 0 Å². The SMILES string of the molecule is CC(C)(C)C1CC2c3ccccc3CC2N1C(C)(C)C. The van der Waals surface area contributed by atoms with E-state index in [1.165, 1.54) is 12.8 Å². The van der Waals surface area contributed by atoms with Gasteiger partial charge >= 0.3 is 0 Å². The van der Waals surface area contributed by atoms with Crippen molar-refractivity contribution >= 4 is 0 Å². The lowest BCUT2D eigenvalue weighted by Crippen LogP contribution is -2.53. The van der Waals surface area contributed by atoms with Crippen molar-refractivity contribution in [2.24, 2.45) is 5.41 Å². The molecule has 0 radical (unpaired) electrons. The summed E-state index contributed by atoms with van der Waals surface area (Å²) in [5.74, 6) is 0.745. The number of fused-ring (bicyclic) bond motifs is 3. The van der Waals surface area contributed by atoms with Gasteiger partial charge < -0.3 is 0 Å². The predicted octanol–water partition coefficient (Wildman–Crippen LogP) is 4.61. The number of rotatable bonds is 0. The largest absolute Gasteiger partial charge is 0.291 e. The molecule has 0 amide bonds. The van der Waals surface area contributed by atoms with Crippen molar-refractivity contribution in [2.45, 2.75) is 77.9 Å². The molecule has 110 valence electrons. The van der Waals surface area contributed by atoms with E-state index in [1.54, 1.807) is 11.1 Å². The molecule has 0 N–H and O–H groups in total. The lowest BCUT2D eigenvalue weighted by atomic mass is 9.81. The van der Waals surface area contributed by atoms with Gasteiger partial charge in [0.2, 0.25) is 0 Å². The van der Waals surface area contributed by atoms with Gasteiger partial charge in [-0.1, -0.05) is 45.0 Å². The molecule has 3 rings (SSSR count). The highest BCUT2D eigenvalue weighted by molar-refractivity contribution is 5.40. The average molecular weight is 271 g/mol. The highest BCUT2D eigenvalue weighted by Gasteiger charge is 2.52. The predicted molar refractivity (Wildman–Crippen MR) is 86.1 cm³/mol. The quantitative estimate of drug-likeness (QED) is 0.666. The Labute approximate surface area is 124 Å². The van der Waals surface area contributed by atoms with Crippen molar-refractivity contribution in [1.82, 2.24) is 4.90 Å². The van der Waals surface area contributed by atoms with Crippen LogP contribution in [0.1, 0.15) is 65.0 Å². The number of benzene rings is 1. The first kappa shape index (κ1) is 14.1. The fourth-order valence-corrected chi connectivity index (χ4v) is 4.55. The normalized spacial score (nSPS) is 30.4. The first-order valence-corrected chi connectivity index (χ1v) is 8.06. The minimum Gasteiger partial charge on any atom is -0.291 e. The fraction of sp³-hybridized carbons (Fsp3) is 0.684. The van der Waals surface area contributed by atoms with Gasteiger partial charge in [0.05, 0.1) is 0 Å². The Morgan fingerprint density at radius 2 is 1.65 bits per heavy atom. The molecule has 1 saturated heterocycles. The van der Waals surface area contributed by atoms with Crippen molar-refractivity contribution in [2.75, 3.05) is 0 Å². The first-order valence-electron chi connectivity index (χ1n) is 8.06. The summed E-state index contributed by atoms with van der Waals surface area (Å²) in [5.41, 5.74) is 3.81. The van der Waals surface area contributed by atoms with Gasteiger partial charge in [0.15, 0.2) is 0 Å². The topological polar surface area (TPSA) is 3.24 Å². The Balaban J connectivity index is 2.01. The van der Waals surface area contributed by atoms with Gasteiger partial charge in [-0.05, 0) is 50.2 Å². The lowest BCUT2D eigenvalue weighted by Gasteiger charge is -2.46. The van der Waals surface area contributed by atoms with E-state index in [2.05, 4.69) is 70.7 Å². The second-order valence-electron chi connectivity index (χ2n) is 8.77. The maximum atomic E-state index is 2.83. The van der Waals surface area contributed by atoms with Crippen LogP contribution >= 0.6 is 0 Å². The van der Waals surface area contributed by atoms with Gasteiger partial charge in [-0.3, -0.25) is 4.90 Å². The summed E-state index contributed by atoms with van der Waals surface area (Å²) in [5, 5.41) is 0. The third-order valence-electron chi connectivity index (χ3n) is 5.29. The molecule has 0 bridgehead atoms. The third-order valence-corrected chi connectivity index (χ3v) is 5.29. The molecule has 2 aliphatic rings. The summed E-state index contributed by atoms with van der Waals surface area (Å²) >= 11 is 0. The second kappa shape index (κ2) is 4.34. The summed E-state index contributed by atoms with van der Waals surface area (Å²) in [6, 6.07) is 10.5. The standard InChI is InChI=1S/C19H29N/c1-18(2,3)17-12-15-14-10-8-7-9-13(14)11-16(15)20(17)19(4,5)6/h7-10,15-17H,11-12H2,1-6H3. The fourth-order valence-electron chi connectivity index (χ4n) is 4.55. The Kier molecular flexibility index (Phi) is 3.06. The van der Waals surface area contributed by atoms with Crippen LogP contribution in [-0.4, -0.2) is 22.5 Å². The van der Waals surface area contributed by atoms with Crippen molar-refractivity contribution in [3.8, 4) is 0 Å². The molecule has 3 unspecified atom stereocenters. The van der Waals surface area contributed by atoms with E-state index in [1.807, 2.05) is 0 Å². The van der Waals surface area contributed by atoms with Crippen molar-refractivity contribution in [3.05, 3.63) is 35.4 Å². The zero-order chi connectivity index (χ0) is 14.7. The summed E-state index contributed by atoms with van der Waals surface area (Å²) in [7, 11) is 0. The molecule has 20 heavy (non-hydrogen) atoms. The van der Waals surface area contributed by atoms with E-state index in [-0.39, 0.29) is 5.54 Å². The molecular weight excluding hydrogens is 242 g/mol. The van der Waals surface area contributed by atoms with Crippen LogP contribution in [0.15, 0.2) is 24.3 Å². The number of hydrogen-bond donors (Lipinski definition) is 0. The van der Waals surface area contributed by atoms with Crippen LogP contribution in [0.4, 0.5) is 0 Å². The van der Waals surface area contributed by atoms with Gasteiger partial charge in [0.25, 0.3) is 0 Å². The highest BCUT2D eigenvalue weighted by Crippen LogP contribution is 2.51. The maximum Gasteiger partial charge on any atom is 0.0213 e. The first-order chi connectivity index (χ1) is 9.19. The molecule has 1 heterocycles. The van der Waals surface area contributed by atoms with Crippen LogP contribution in [0.5, 0.6) is 0 Å². The molecule has 1 aliphatic carbocycles. The van der Waals surface area contributed by atoms with Crippen LogP contribution in [-0.2, 0) is 6.42 Å². The van der Waals surface area contributed by atoms with Crippen LogP contribution in [0.25, 0.3) is 0 Å². The third kappa shape index (κ3) is 2.11. The van der Waals surface area contributed by atoms with E-state index in [0.717, 1.165) is 5.92 Å². The number of nitrogens with zero attached hydrogens (tertiary/aromatic N) is 1. The van der Waals surface area contributed by atoms with E-state index < -0.39 is 0 Å². The molecule has 1 nitrogen and oxygen atoms in total. The number of hydrogen-bond acceptors (Lipinski definition) is 1.